The van der Waals surface area contributed by atoms with Crippen molar-refractivity contribution in [1.82, 2.24) is 4.57 Å². The largest absolute Gasteiger partial charge is 0.508 e. The number of anilines is 2. The summed E-state index contributed by atoms with van der Waals surface area (Å²) in [6.07, 6.45) is 1.69. The first-order valence-corrected chi connectivity index (χ1v) is 13.8. The number of esters is 1. The molecule has 1 amide bonds. The maximum absolute atomic E-state index is 14.7. The Hall–Kier alpha value is -4.43. The number of carbonyl (C=O) groups is 2. The van der Waals surface area contributed by atoms with Gasteiger partial charge in [-0.25, -0.2) is 4.39 Å². The summed E-state index contributed by atoms with van der Waals surface area (Å²) in [6.45, 7) is 4.51. The zero-order valence-electron chi connectivity index (χ0n) is 23.0. The van der Waals surface area contributed by atoms with Crippen LogP contribution in [0.2, 0.25) is 0 Å². The van der Waals surface area contributed by atoms with Crippen LogP contribution in [0, 0.1) is 5.82 Å². The maximum Gasteiger partial charge on any atom is 0.308 e. The lowest BCUT2D eigenvalue weighted by atomic mass is 9.97. The average molecular weight is 557 g/mol. The number of carbonyl (C=O) groups excluding carboxylic acids is 2. The van der Waals surface area contributed by atoms with Crippen molar-refractivity contribution in [3.63, 3.8) is 0 Å². The molecule has 8 heteroatoms. The van der Waals surface area contributed by atoms with E-state index in [2.05, 4.69) is 0 Å². The Balaban J connectivity index is 1.63. The van der Waals surface area contributed by atoms with Gasteiger partial charge in [0.05, 0.1) is 18.1 Å². The molecule has 4 aromatic rings. The number of phenols is 1. The molecule has 3 aromatic carbocycles. The van der Waals surface area contributed by atoms with Gasteiger partial charge in [-0.3, -0.25) is 14.5 Å². The Kier molecular flexibility index (Phi) is 8.21. The number of aromatic hydroxyl groups is 1. The number of aryl methyl sites for hydroxylation is 1. The Morgan fingerprint density at radius 2 is 1.66 bits per heavy atom. The summed E-state index contributed by atoms with van der Waals surface area (Å²) in [7, 11) is 0. The zero-order valence-corrected chi connectivity index (χ0v) is 23.0. The molecule has 0 aliphatic carbocycles. The van der Waals surface area contributed by atoms with E-state index >= 15 is 0 Å². The second kappa shape index (κ2) is 12.0. The summed E-state index contributed by atoms with van der Waals surface area (Å²) < 4.78 is 21.4. The van der Waals surface area contributed by atoms with Gasteiger partial charge >= 0.3 is 5.97 Å². The van der Waals surface area contributed by atoms with Crippen LogP contribution in [0.1, 0.15) is 55.1 Å². The smallest absolute Gasteiger partial charge is 0.308 e. The van der Waals surface area contributed by atoms with Crippen molar-refractivity contribution in [3.05, 3.63) is 102 Å². The van der Waals surface area contributed by atoms with Crippen molar-refractivity contribution in [2.75, 3.05) is 4.90 Å². The number of aliphatic hydroxyl groups is 1. The molecule has 0 bridgehead atoms. The number of ether oxygens (including phenoxy) is 1. The Morgan fingerprint density at radius 1 is 1.02 bits per heavy atom. The molecule has 1 aromatic heterocycles. The number of aliphatic hydroxyl groups excluding tert-OH is 1. The molecule has 0 radical (unpaired) electrons. The highest BCUT2D eigenvalue weighted by atomic mass is 19.1. The molecule has 212 valence electrons. The third-order valence-electron chi connectivity index (χ3n) is 7.29. The number of benzene rings is 3. The molecule has 1 aliphatic heterocycles. The van der Waals surface area contributed by atoms with E-state index in [4.69, 9.17) is 4.74 Å². The number of amides is 1. The summed E-state index contributed by atoms with van der Waals surface area (Å²) in [5.41, 5.74) is 3.91. The normalized spacial score (nSPS) is 17.0. The van der Waals surface area contributed by atoms with Crippen LogP contribution < -0.4 is 4.90 Å². The van der Waals surface area contributed by atoms with Crippen LogP contribution in [0.4, 0.5) is 15.8 Å². The van der Waals surface area contributed by atoms with Crippen molar-refractivity contribution in [1.29, 1.82) is 0 Å². The van der Waals surface area contributed by atoms with Crippen molar-refractivity contribution in [3.8, 4) is 16.9 Å². The molecule has 1 aliphatic rings. The zero-order chi connectivity index (χ0) is 29.1. The number of rotatable bonds is 8. The van der Waals surface area contributed by atoms with Crippen LogP contribution in [0.25, 0.3) is 11.1 Å². The molecular formula is C33H33FN2O5. The van der Waals surface area contributed by atoms with Gasteiger partial charge in [-0.2, -0.15) is 0 Å². The lowest BCUT2D eigenvalue weighted by molar-refractivity contribution is -0.160. The monoisotopic (exact) mass is 556 g/mol. The second-order valence-electron chi connectivity index (χ2n) is 10.6. The van der Waals surface area contributed by atoms with Gasteiger partial charge in [-0.15, -0.1) is 0 Å². The summed E-state index contributed by atoms with van der Waals surface area (Å²) in [4.78, 5) is 28.1. The number of phenolic OH excluding ortho intramolecular Hbond substituents is 1. The highest BCUT2D eigenvalue weighted by molar-refractivity contribution is 6.15. The highest BCUT2D eigenvalue weighted by Crippen LogP contribution is 2.37. The predicted molar refractivity (Wildman–Crippen MR) is 155 cm³/mol. The van der Waals surface area contributed by atoms with Crippen LogP contribution in [-0.4, -0.2) is 38.9 Å². The van der Waals surface area contributed by atoms with Crippen molar-refractivity contribution < 1.29 is 28.9 Å². The molecule has 1 fully saturated rings. The lowest BCUT2D eigenvalue weighted by Crippen LogP contribution is -2.33. The van der Waals surface area contributed by atoms with Gasteiger partial charge in [0.15, 0.2) is 0 Å². The molecule has 1 saturated heterocycles. The topological polar surface area (TPSA) is 92.0 Å². The molecule has 2 unspecified atom stereocenters. The third-order valence-corrected chi connectivity index (χ3v) is 7.29. The number of halogens is 1. The number of cyclic esters (lactones) is 1. The number of hydrogen-bond donors (Lipinski definition) is 2. The lowest BCUT2D eigenvalue weighted by Gasteiger charge is -2.27. The average Bonchev–Trinajstić information content (AvgIpc) is 3.34. The van der Waals surface area contributed by atoms with Crippen molar-refractivity contribution >= 4 is 23.3 Å². The van der Waals surface area contributed by atoms with Gasteiger partial charge in [0.2, 0.25) is 0 Å². The van der Waals surface area contributed by atoms with Crippen molar-refractivity contribution in [2.45, 2.75) is 57.8 Å². The predicted octanol–water partition coefficient (Wildman–Crippen LogP) is 6.56. The molecule has 0 saturated carbocycles. The Morgan fingerprint density at radius 3 is 2.27 bits per heavy atom. The van der Waals surface area contributed by atoms with Crippen LogP contribution in [-0.2, 0) is 16.1 Å². The number of aromatic nitrogens is 1. The molecule has 2 atom stereocenters. The van der Waals surface area contributed by atoms with Gasteiger partial charge in [-0.1, -0.05) is 44.2 Å². The van der Waals surface area contributed by atoms with E-state index in [1.54, 1.807) is 24.3 Å². The minimum atomic E-state index is -0.720. The molecule has 7 nitrogen and oxygen atoms in total. The Labute approximate surface area is 238 Å². The van der Waals surface area contributed by atoms with E-state index in [1.165, 1.54) is 29.2 Å². The third kappa shape index (κ3) is 6.18. The van der Waals surface area contributed by atoms with E-state index in [1.807, 2.05) is 54.9 Å². The van der Waals surface area contributed by atoms with Crippen molar-refractivity contribution in [2.24, 2.45) is 0 Å². The van der Waals surface area contributed by atoms with E-state index in [0.29, 0.717) is 36.3 Å². The molecule has 2 N–H and O–H groups in total. The van der Waals surface area contributed by atoms with E-state index in [-0.39, 0.29) is 24.0 Å². The highest BCUT2D eigenvalue weighted by Gasteiger charge is 2.31. The van der Waals surface area contributed by atoms with Crippen LogP contribution in [0.3, 0.4) is 0 Å². The summed E-state index contributed by atoms with van der Waals surface area (Å²) in [5, 5.41) is 20.0. The minimum Gasteiger partial charge on any atom is -0.508 e. The van der Waals surface area contributed by atoms with Gasteiger partial charge in [0.25, 0.3) is 5.91 Å². The number of hydrogen-bond acceptors (Lipinski definition) is 5. The van der Waals surface area contributed by atoms with Gasteiger partial charge in [0.1, 0.15) is 17.7 Å². The van der Waals surface area contributed by atoms with E-state index in [0.717, 1.165) is 16.8 Å². The fourth-order valence-electron chi connectivity index (χ4n) is 5.45. The first-order chi connectivity index (χ1) is 19.7. The second-order valence-corrected chi connectivity index (χ2v) is 10.6. The van der Waals surface area contributed by atoms with E-state index < -0.39 is 24.0 Å². The van der Waals surface area contributed by atoms with Gasteiger partial charge < -0.3 is 19.5 Å². The quantitative estimate of drug-likeness (QED) is 0.240. The summed E-state index contributed by atoms with van der Waals surface area (Å²) >= 11 is 0. The summed E-state index contributed by atoms with van der Waals surface area (Å²) in [5.74, 6) is -1.12. The van der Waals surface area contributed by atoms with E-state index in [9.17, 15) is 24.2 Å². The van der Waals surface area contributed by atoms with Crippen LogP contribution in [0.5, 0.6) is 5.75 Å². The maximum atomic E-state index is 14.7. The molecule has 41 heavy (non-hydrogen) atoms. The summed E-state index contributed by atoms with van der Waals surface area (Å²) in [6, 6.07) is 21.7. The molecule has 5 rings (SSSR count). The number of nitrogens with zero attached hydrogens (tertiary/aromatic N) is 2. The van der Waals surface area contributed by atoms with Crippen LogP contribution >= 0.6 is 0 Å². The molecule has 2 heterocycles. The first-order valence-electron chi connectivity index (χ1n) is 13.8. The standard InChI is InChI=1S/C33H33FN2O5/c1-21(2)32-31(33(40)36(24-10-8-23(34)9-11-24)25-12-14-26(37)15-13-25)29(22-6-4-3-5-7-22)20-35(32)17-16-28-18-27(38)19-30(39)41-28/h3-15,20-21,27-28,37-38H,16-19H2,1-2H3. The SMILES string of the molecule is CC(C)c1c(C(=O)N(c2ccc(O)cc2)c2ccc(F)cc2)c(-c2ccccc2)cn1CCC1CC(O)CC(=O)O1. The fraction of sp³-hybridized carbons (Fsp3) is 0.273. The van der Waals surface area contributed by atoms with Gasteiger partial charge in [0, 0.05) is 48.2 Å². The van der Waals surface area contributed by atoms with Gasteiger partial charge in [-0.05, 0) is 60.0 Å². The molecular weight excluding hydrogens is 523 g/mol. The first kappa shape index (κ1) is 28.1. The fourth-order valence-corrected chi connectivity index (χ4v) is 5.45. The molecule has 0 spiro atoms. The minimum absolute atomic E-state index is 0.00451. The Bertz CT molecular complexity index is 1470. The van der Waals surface area contributed by atoms with Crippen LogP contribution in [0.15, 0.2) is 85.1 Å².